The molecule has 0 N–H and O–H groups in total. The van der Waals surface area contributed by atoms with Gasteiger partial charge >= 0.3 is 6.72 Å². The maximum atomic E-state index is 5.40. The smallest absolute Gasteiger partial charge is 0.309 e. The molecule has 7 heteroatoms. The van der Waals surface area contributed by atoms with Crippen LogP contribution in [0, 0.1) is 0 Å². The maximum absolute atomic E-state index is 5.40. The van der Waals surface area contributed by atoms with Crippen molar-refractivity contribution in [3.63, 3.8) is 0 Å². The van der Waals surface area contributed by atoms with E-state index in [1.54, 1.807) is 0 Å². The molecule has 0 rings (SSSR count). The van der Waals surface area contributed by atoms with E-state index >= 15 is 0 Å². The Morgan fingerprint density at radius 3 is 2.07 bits per heavy atom. The lowest BCUT2D eigenvalue weighted by molar-refractivity contribution is 0.178. The summed E-state index contributed by atoms with van der Waals surface area (Å²) < 4.78 is 15.8. The van der Waals surface area contributed by atoms with Crippen LogP contribution in [-0.4, -0.2) is 19.8 Å². The zero-order valence-electron chi connectivity index (χ0n) is 8.03. The van der Waals surface area contributed by atoms with Crippen molar-refractivity contribution < 1.29 is 13.6 Å². The van der Waals surface area contributed by atoms with Crippen molar-refractivity contribution in [1.29, 1.82) is 0 Å². The Bertz CT molecular complexity index is 221. The van der Waals surface area contributed by atoms with Crippen molar-refractivity contribution in [3.8, 4) is 0 Å². The molecule has 14 heavy (non-hydrogen) atoms. The molecule has 0 heterocycles. The predicted molar refractivity (Wildman–Crippen MR) is 63.3 cm³/mol. The Morgan fingerprint density at radius 1 is 1.21 bits per heavy atom. The maximum Gasteiger partial charge on any atom is 0.327 e. The Kier molecular flexibility index (Phi) is 8.54. The minimum Gasteiger partial charge on any atom is -0.309 e. The molecule has 0 aliphatic rings. The summed E-state index contributed by atoms with van der Waals surface area (Å²) in [5.41, 5.74) is 0. The first-order chi connectivity index (χ1) is 6.54. The molecule has 0 aromatic carbocycles. The van der Waals surface area contributed by atoms with E-state index in [-0.39, 0.29) is 11.1 Å². The number of rotatable bonds is 7. The molecule has 84 valence electrons. The molecule has 0 fully saturated rings. The van der Waals surface area contributed by atoms with E-state index in [1.165, 1.54) is 6.08 Å². The molecule has 3 nitrogen and oxygen atoms in total. The minimum atomic E-state index is -2.60. The minimum absolute atomic E-state index is 0.138. The normalized spacial score (nSPS) is 11.4. The number of hydrogen-bond donors (Lipinski definition) is 0. The average Bonchev–Trinajstić information content (AvgIpc) is 2.03. The van der Waals surface area contributed by atoms with Crippen molar-refractivity contribution in [2.75, 3.05) is 19.8 Å². The Balaban J connectivity index is 4.09. The molecule has 0 bridgehead atoms. The van der Waals surface area contributed by atoms with Gasteiger partial charge in [0.2, 0.25) is 0 Å². The second kappa shape index (κ2) is 8.05. The fourth-order valence-electron chi connectivity index (χ4n) is 0.620. The van der Waals surface area contributed by atoms with Gasteiger partial charge in [0.1, 0.15) is 4.49 Å². The number of halogens is 2. The average molecular weight is 279 g/mol. The summed E-state index contributed by atoms with van der Waals surface area (Å²) in [4.78, 5) is 0. The zero-order chi connectivity index (χ0) is 11.0. The van der Waals surface area contributed by atoms with Gasteiger partial charge in [0, 0.05) is 0 Å². The summed E-state index contributed by atoms with van der Waals surface area (Å²) >= 11 is 15.9. The zero-order valence-corrected chi connectivity index (χ0v) is 11.3. The molecule has 0 aromatic rings. The van der Waals surface area contributed by atoms with Crippen LogP contribution < -0.4 is 0 Å². The first kappa shape index (κ1) is 14.8. The molecule has 0 aromatic heterocycles. The first-order valence-corrected chi connectivity index (χ1v) is 7.40. The fraction of sp³-hybridized carbons (Fsp3) is 0.714. The van der Waals surface area contributed by atoms with Gasteiger partial charge in [-0.1, -0.05) is 23.2 Å². The van der Waals surface area contributed by atoms with Crippen molar-refractivity contribution in [2.45, 2.75) is 13.8 Å². The summed E-state index contributed by atoms with van der Waals surface area (Å²) in [7, 11) is 0. The largest absolute Gasteiger partial charge is 0.327 e. The van der Waals surface area contributed by atoms with Gasteiger partial charge in [-0.25, -0.2) is 0 Å². The van der Waals surface area contributed by atoms with E-state index in [4.69, 9.17) is 48.6 Å². The molecule has 0 atom stereocenters. The van der Waals surface area contributed by atoms with E-state index in [2.05, 4.69) is 0 Å². The lowest BCUT2D eigenvalue weighted by Crippen LogP contribution is -1.99. The number of hydrogen-bond acceptors (Lipinski definition) is 4. The SMILES string of the molecule is CCOP(=S)(OCC)OCC=C(Cl)Cl. The summed E-state index contributed by atoms with van der Waals surface area (Å²) in [6.45, 7) is 2.15. The van der Waals surface area contributed by atoms with Crippen LogP contribution >= 0.6 is 29.9 Å². The van der Waals surface area contributed by atoms with Crippen molar-refractivity contribution in [2.24, 2.45) is 0 Å². The van der Waals surface area contributed by atoms with E-state index in [1.807, 2.05) is 13.8 Å². The third-order valence-corrected chi connectivity index (χ3v) is 3.92. The van der Waals surface area contributed by atoms with Gasteiger partial charge in [-0.15, -0.1) is 0 Å². The lowest BCUT2D eigenvalue weighted by Gasteiger charge is -2.19. The predicted octanol–water partition coefficient (Wildman–Crippen LogP) is 3.62. The Labute approximate surface area is 99.6 Å². The van der Waals surface area contributed by atoms with E-state index in [0.717, 1.165) is 0 Å². The molecule has 0 saturated carbocycles. The van der Waals surface area contributed by atoms with Gasteiger partial charge in [-0.2, -0.15) is 0 Å². The summed E-state index contributed by atoms with van der Waals surface area (Å²) in [5.74, 6) is 0. The summed E-state index contributed by atoms with van der Waals surface area (Å²) in [6, 6.07) is 0. The second-order valence-corrected chi connectivity index (χ2v) is 6.09. The quantitative estimate of drug-likeness (QED) is 0.665. The highest BCUT2D eigenvalue weighted by Gasteiger charge is 2.18. The first-order valence-electron chi connectivity index (χ1n) is 4.09. The molecule has 0 unspecified atom stereocenters. The van der Waals surface area contributed by atoms with Crippen LogP contribution in [0.2, 0.25) is 0 Å². The van der Waals surface area contributed by atoms with Crippen LogP contribution in [-0.2, 0) is 25.4 Å². The molecule has 0 spiro atoms. The molecule has 0 radical (unpaired) electrons. The van der Waals surface area contributed by atoms with Crippen LogP contribution in [0.4, 0.5) is 0 Å². The molecule has 0 saturated heterocycles. The third kappa shape index (κ3) is 7.18. The van der Waals surface area contributed by atoms with E-state index < -0.39 is 6.72 Å². The van der Waals surface area contributed by atoms with Crippen molar-refractivity contribution in [3.05, 3.63) is 10.6 Å². The Morgan fingerprint density at radius 2 is 1.71 bits per heavy atom. The molecule has 0 amide bonds. The molecular weight excluding hydrogens is 266 g/mol. The van der Waals surface area contributed by atoms with Crippen LogP contribution in [0.25, 0.3) is 0 Å². The third-order valence-electron chi connectivity index (χ3n) is 1.04. The molecule has 0 aliphatic carbocycles. The highest BCUT2D eigenvalue weighted by molar-refractivity contribution is 8.07. The van der Waals surface area contributed by atoms with Crippen molar-refractivity contribution >= 4 is 41.7 Å². The van der Waals surface area contributed by atoms with Gasteiger partial charge in [0.25, 0.3) is 0 Å². The second-order valence-electron chi connectivity index (χ2n) is 2.07. The monoisotopic (exact) mass is 278 g/mol. The van der Waals surface area contributed by atoms with Crippen LogP contribution in [0.5, 0.6) is 0 Å². The van der Waals surface area contributed by atoms with Gasteiger partial charge < -0.3 is 13.6 Å². The van der Waals surface area contributed by atoms with E-state index in [0.29, 0.717) is 13.2 Å². The van der Waals surface area contributed by atoms with Gasteiger partial charge in [0.05, 0.1) is 19.8 Å². The lowest BCUT2D eigenvalue weighted by atomic mass is 10.7. The highest BCUT2D eigenvalue weighted by Crippen LogP contribution is 2.49. The summed E-state index contributed by atoms with van der Waals surface area (Å²) in [6.07, 6.45) is 1.49. The van der Waals surface area contributed by atoms with E-state index in [9.17, 15) is 0 Å². The molecule has 0 aliphatic heterocycles. The standard InChI is InChI=1S/C7H13Cl2O3PS/c1-3-10-13(14,11-4-2)12-6-5-7(8)9/h5H,3-4,6H2,1-2H3. The van der Waals surface area contributed by atoms with Crippen LogP contribution in [0.3, 0.4) is 0 Å². The van der Waals surface area contributed by atoms with Gasteiger partial charge in [-0.3, -0.25) is 0 Å². The highest BCUT2D eigenvalue weighted by atomic mass is 35.5. The Hall–Kier alpha value is 0.850. The summed E-state index contributed by atoms with van der Waals surface area (Å²) in [5, 5.41) is 0. The van der Waals surface area contributed by atoms with Gasteiger partial charge in [0.15, 0.2) is 0 Å². The van der Waals surface area contributed by atoms with Crippen LogP contribution in [0.15, 0.2) is 10.6 Å². The van der Waals surface area contributed by atoms with Crippen LogP contribution in [0.1, 0.15) is 13.8 Å². The van der Waals surface area contributed by atoms with Crippen molar-refractivity contribution in [1.82, 2.24) is 0 Å². The van der Waals surface area contributed by atoms with Gasteiger partial charge in [-0.05, 0) is 31.7 Å². The fourth-order valence-corrected chi connectivity index (χ4v) is 2.67. The molecular formula is C7H13Cl2O3PS. The topological polar surface area (TPSA) is 27.7 Å².